The number of carbonyl (C=O) groups excluding carboxylic acids is 2. The van der Waals surface area contributed by atoms with Gasteiger partial charge in [0.25, 0.3) is 5.91 Å². The zero-order chi connectivity index (χ0) is 19.2. The van der Waals surface area contributed by atoms with E-state index >= 15 is 0 Å². The summed E-state index contributed by atoms with van der Waals surface area (Å²) >= 11 is 5.93. The molecule has 5 nitrogen and oxygen atoms in total. The Morgan fingerprint density at radius 3 is 2.30 bits per heavy atom. The van der Waals surface area contributed by atoms with Crippen LogP contribution in [0.5, 0.6) is 5.75 Å². The van der Waals surface area contributed by atoms with E-state index in [0.29, 0.717) is 23.9 Å². The second-order valence-electron chi connectivity index (χ2n) is 6.65. The molecule has 1 heterocycles. The van der Waals surface area contributed by atoms with Crippen LogP contribution in [0.3, 0.4) is 0 Å². The average Bonchev–Trinajstić information content (AvgIpc) is 2.68. The van der Waals surface area contributed by atoms with Gasteiger partial charge in [0.2, 0.25) is 12.0 Å². The number of halogens is 1. The molecule has 1 N–H and O–H groups in total. The minimum absolute atomic E-state index is 0.0353. The normalized spacial score (nSPS) is 15.9. The van der Waals surface area contributed by atoms with Gasteiger partial charge >= 0.3 is 0 Å². The molecule has 1 aliphatic heterocycles. The molecule has 2 aromatic rings. The fourth-order valence-corrected chi connectivity index (χ4v) is 3.29. The molecule has 2 amide bonds. The van der Waals surface area contributed by atoms with Crippen LogP contribution in [-0.4, -0.2) is 35.8 Å². The summed E-state index contributed by atoms with van der Waals surface area (Å²) in [5.41, 5.74) is 0.783. The molecule has 0 aliphatic carbocycles. The Bertz CT molecular complexity index is 772. The summed E-state index contributed by atoms with van der Waals surface area (Å²) in [7, 11) is 0. The van der Waals surface area contributed by atoms with Crippen molar-refractivity contribution in [3.63, 3.8) is 0 Å². The van der Waals surface area contributed by atoms with Crippen molar-refractivity contribution in [3.05, 3.63) is 65.2 Å². The van der Waals surface area contributed by atoms with E-state index in [4.69, 9.17) is 16.3 Å². The molecule has 0 aromatic heterocycles. The van der Waals surface area contributed by atoms with Gasteiger partial charge in [-0.15, -0.1) is 0 Å². The summed E-state index contributed by atoms with van der Waals surface area (Å²) in [6, 6.07) is 16.4. The van der Waals surface area contributed by atoms with Crippen molar-refractivity contribution in [2.45, 2.75) is 31.9 Å². The summed E-state index contributed by atoms with van der Waals surface area (Å²) < 4.78 is 5.98. The van der Waals surface area contributed by atoms with Crippen molar-refractivity contribution < 1.29 is 14.3 Å². The average molecular weight is 387 g/mol. The first-order chi connectivity index (χ1) is 13.0. The summed E-state index contributed by atoms with van der Waals surface area (Å²) in [5, 5.41) is 3.69. The van der Waals surface area contributed by atoms with Crippen LogP contribution in [-0.2, 0) is 9.59 Å². The zero-order valence-corrected chi connectivity index (χ0v) is 16.0. The number of nitrogens with zero attached hydrogens (tertiary/aromatic N) is 1. The first kappa shape index (κ1) is 19.2. The van der Waals surface area contributed by atoms with Gasteiger partial charge in [0.15, 0.2) is 0 Å². The first-order valence-corrected chi connectivity index (χ1v) is 9.44. The highest BCUT2D eigenvalue weighted by molar-refractivity contribution is 6.30. The van der Waals surface area contributed by atoms with Crippen molar-refractivity contribution in [1.29, 1.82) is 0 Å². The summed E-state index contributed by atoms with van der Waals surface area (Å²) in [6.07, 6.45) is 0.736. The van der Waals surface area contributed by atoms with E-state index in [2.05, 4.69) is 5.32 Å². The van der Waals surface area contributed by atoms with Crippen LogP contribution in [0.15, 0.2) is 54.6 Å². The van der Waals surface area contributed by atoms with Gasteiger partial charge in [0.1, 0.15) is 5.75 Å². The van der Waals surface area contributed by atoms with Gasteiger partial charge in [-0.1, -0.05) is 41.9 Å². The smallest absolute Gasteiger partial charge is 0.266 e. The van der Waals surface area contributed by atoms with E-state index in [0.717, 1.165) is 18.4 Å². The number of piperidine rings is 1. The molecule has 0 spiro atoms. The lowest BCUT2D eigenvalue weighted by Gasteiger charge is -2.32. The highest BCUT2D eigenvalue weighted by Gasteiger charge is 2.27. The maximum Gasteiger partial charge on any atom is 0.266 e. The monoisotopic (exact) mass is 386 g/mol. The van der Waals surface area contributed by atoms with Gasteiger partial charge in [-0.3, -0.25) is 9.59 Å². The van der Waals surface area contributed by atoms with Crippen LogP contribution < -0.4 is 10.1 Å². The molecule has 1 unspecified atom stereocenters. The van der Waals surface area contributed by atoms with E-state index in [1.165, 1.54) is 0 Å². The fraction of sp³-hybridized carbons (Fsp3) is 0.333. The Morgan fingerprint density at radius 1 is 1.07 bits per heavy atom. The molecule has 1 fully saturated rings. The van der Waals surface area contributed by atoms with Crippen LogP contribution in [0.1, 0.15) is 31.4 Å². The minimum atomic E-state index is -0.752. The van der Waals surface area contributed by atoms with Gasteiger partial charge in [0, 0.05) is 36.6 Å². The zero-order valence-electron chi connectivity index (χ0n) is 15.2. The molecule has 0 radical (unpaired) electrons. The number of likely N-dealkylation sites (tertiary alicyclic amines) is 1. The van der Waals surface area contributed by atoms with Crippen LogP contribution in [0.25, 0.3) is 0 Å². The third-order valence-corrected chi connectivity index (χ3v) is 4.95. The topological polar surface area (TPSA) is 58.6 Å². The molecule has 3 rings (SSSR count). The molecular formula is C21H23ClN2O3. The largest absolute Gasteiger partial charge is 0.476 e. The van der Waals surface area contributed by atoms with Gasteiger partial charge < -0.3 is 15.0 Å². The van der Waals surface area contributed by atoms with Crippen LogP contribution in [0.2, 0.25) is 5.02 Å². The lowest BCUT2D eigenvalue weighted by atomic mass is 10.0. The van der Waals surface area contributed by atoms with Crippen molar-refractivity contribution >= 4 is 23.4 Å². The van der Waals surface area contributed by atoms with Crippen molar-refractivity contribution in [2.75, 3.05) is 13.1 Å². The maximum atomic E-state index is 13.0. The molecule has 0 saturated carbocycles. The number of amides is 2. The predicted molar refractivity (Wildman–Crippen MR) is 105 cm³/mol. The fourth-order valence-electron chi connectivity index (χ4n) is 3.17. The standard InChI is InChI=1S/C21H23ClN2O3/c1-15(25)24-13-11-18(12-14-24)23-21(26)20(16-5-3-2-4-6-16)27-19-9-7-17(22)8-10-19/h2-10,18,20H,11-14H2,1H3,(H,23,26). The summed E-state index contributed by atoms with van der Waals surface area (Å²) in [5.74, 6) is 0.472. The number of carbonyl (C=O) groups is 2. The van der Waals surface area contributed by atoms with Gasteiger partial charge in [-0.05, 0) is 37.1 Å². The molecule has 6 heteroatoms. The molecule has 2 aromatic carbocycles. The minimum Gasteiger partial charge on any atom is -0.476 e. The lowest BCUT2D eigenvalue weighted by molar-refractivity contribution is -0.131. The second-order valence-corrected chi connectivity index (χ2v) is 7.09. The number of benzene rings is 2. The maximum absolute atomic E-state index is 13.0. The highest BCUT2D eigenvalue weighted by Crippen LogP contribution is 2.24. The van der Waals surface area contributed by atoms with Crippen LogP contribution in [0.4, 0.5) is 0 Å². The van der Waals surface area contributed by atoms with Gasteiger partial charge in [-0.2, -0.15) is 0 Å². The Kier molecular flexibility index (Phi) is 6.35. The van der Waals surface area contributed by atoms with E-state index < -0.39 is 6.10 Å². The van der Waals surface area contributed by atoms with Crippen molar-refractivity contribution in [1.82, 2.24) is 10.2 Å². The summed E-state index contributed by atoms with van der Waals surface area (Å²) in [6.45, 7) is 2.90. The molecule has 142 valence electrons. The third kappa shape index (κ3) is 5.23. The Labute approximate surface area is 164 Å². The third-order valence-electron chi connectivity index (χ3n) is 4.69. The number of hydrogen-bond acceptors (Lipinski definition) is 3. The molecule has 1 saturated heterocycles. The number of nitrogens with one attached hydrogen (secondary N) is 1. The molecule has 27 heavy (non-hydrogen) atoms. The lowest BCUT2D eigenvalue weighted by Crippen LogP contribution is -2.47. The summed E-state index contributed by atoms with van der Waals surface area (Å²) in [4.78, 5) is 26.2. The first-order valence-electron chi connectivity index (χ1n) is 9.06. The van der Waals surface area contributed by atoms with Crippen molar-refractivity contribution in [2.24, 2.45) is 0 Å². The predicted octanol–water partition coefficient (Wildman–Crippen LogP) is 3.59. The SMILES string of the molecule is CC(=O)N1CCC(NC(=O)C(Oc2ccc(Cl)cc2)c2ccccc2)CC1. The van der Waals surface area contributed by atoms with E-state index in [1.54, 1.807) is 31.2 Å². The Hall–Kier alpha value is -2.53. The van der Waals surface area contributed by atoms with E-state index in [9.17, 15) is 9.59 Å². The Balaban J connectivity index is 1.69. The van der Waals surface area contributed by atoms with Crippen molar-refractivity contribution in [3.8, 4) is 5.75 Å². The van der Waals surface area contributed by atoms with E-state index in [1.807, 2.05) is 35.2 Å². The van der Waals surface area contributed by atoms with Gasteiger partial charge in [-0.25, -0.2) is 0 Å². The Morgan fingerprint density at radius 2 is 1.70 bits per heavy atom. The van der Waals surface area contributed by atoms with E-state index in [-0.39, 0.29) is 17.9 Å². The number of ether oxygens (including phenoxy) is 1. The van der Waals surface area contributed by atoms with Crippen LogP contribution >= 0.6 is 11.6 Å². The van der Waals surface area contributed by atoms with Crippen LogP contribution in [0, 0.1) is 0 Å². The highest BCUT2D eigenvalue weighted by atomic mass is 35.5. The molecule has 0 bridgehead atoms. The number of rotatable bonds is 5. The molecule has 1 atom stereocenters. The molecule has 1 aliphatic rings. The van der Waals surface area contributed by atoms with Gasteiger partial charge in [0.05, 0.1) is 0 Å². The number of hydrogen-bond donors (Lipinski definition) is 1. The second kappa shape index (κ2) is 8.91. The quantitative estimate of drug-likeness (QED) is 0.854. The molecular weight excluding hydrogens is 364 g/mol.